The third-order valence-corrected chi connectivity index (χ3v) is 3.59. The molecule has 0 aliphatic carbocycles. The van der Waals surface area contributed by atoms with Crippen molar-refractivity contribution in [2.75, 3.05) is 72.6 Å². The van der Waals surface area contributed by atoms with Gasteiger partial charge in [-0.2, -0.15) is 13.2 Å². The summed E-state index contributed by atoms with van der Waals surface area (Å²) in [4.78, 5) is 8.01. The van der Waals surface area contributed by atoms with E-state index >= 15 is 0 Å². The molecular formula is C15H31F3IN5O. The summed E-state index contributed by atoms with van der Waals surface area (Å²) in [5.41, 5.74) is 0. The Balaban J connectivity index is 0.00000576. The van der Waals surface area contributed by atoms with Crippen LogP contribution in [0.3, 0.4) is 0 Å². The first-order chi connectivity index (χ1) is 11.4. The highest BCUT2D eigenvalue weighted by Gasteiger charge is 2.28. The molecule has 0 unspecified atom stereocenters. The predicted molar refractivity (Wildman–Crippen MR) is 105 cm³/mol. The van der Waals surface area contributed by atoms with Crippen LogP contribution < -0.4 is 10.6 Å². The van der Waals surface area contributed by atoms with E-state index in [0.717, 1.165) is 45.9 Å². The summed E-state index contributed by atoms with van der Waals surface area (Å²) in [6, 6.07) is 0. The van der Waals surface area contributed by atoms with Crippen molar-refractivity contribution >= 4 is 29.9 Å². The van der Waals surface area contributed by atoms with Crippen molar-refractivity contribution in [3.63, 3.8) is 0 Å². The van der Waals surface area contributed by atoms with Crippen LogP contribution in [-0.2, 0) is 4.74 Å². The molecule has 1 saturated heterocycles. The van der Waals surface area contributed by atoms with Crippen molar-refractivity contribution in [2.45, 2.75) is 19.5 Å². The van der Waals surface area contributed by atoms with Crippen LogP contribution in [0.1, 0.15) is 13.3 Å². The van der Waals surface area contributed by atoms with E-state index in [-0.39, 0.29) is 24.0 Å². The van der Waals surface area contributed by atoms with Crippen LogP contribution in [0, 0.1) is 0 Å². The minimum atomic E-state index is -4.14. The van der Waals surface area contributed by atoms with Crippen LogP contribution in [0.4, 0.5) is 13.2 Å². The Morgan fingerprint density at radius 3 is 2.52 bits per heavy atom. The van der Waals surface area contributed by atoms with Crippen LogP contribution in [0.2, 0.25) is 0 Å². The van der Waals surface area contributed by atoms with E-state index in [2.05, 4.69) is 20.5 Å². The number of nitrogens with zero attached hydrogens (tertiary/aromatic N) is 3. The fourth-order valence-electron chi connectivity index (χ4n) is 2.42. The fraction of sp³-hybridized carbons (Fsp3) is 0.933. The number of halogens is 4. The van der Waals surface area contributed by atoms with Gasteiger partial charge in [-0.25, -0.2) is 0 Å². The van der Waals surface area contributed by atoms with E-state index in [9.17, 15) is 13.2 Å². The maximum atomic E-state index is 12.2. The zero-order valence-corrected chi connectivity index (χ0v) is 17.4. The lowest BCUT2D eigenvalue weighted by atomic mass is 10.4. The first kappa shape index (κ1) is 24.7. The first-order valence-electron chi connectivity index (χ1n) is 8.48. The number of guanidine groups is 1. The van der Waals surface area contributed by atoms with Crippen LogP contribution in [-0.4, -0.2) is 94.6 Å². The van der Waals surface area contributed by atoms with Gasteiger partial charge in [-0.05, 0) is 26.9 Å². The molecule has 1 aliphatic rings. The van der Waals surface area contributed by atoms with Gasteiger partial charge in [0.05, 0.1) is 19.8 Å². The van der Waals surface area contributed by atoms with Gasteiger partial charge in [-0.1, -0.05) is 0 Å². The van der Waals surface area contributed by atoms with Gasteiger partial charge >= 0.3 is 6.18 Å². The van der Waals surface area contributed by atoms with Gasteiger partial charge in [0.1, 0.15) is 0 Å². The number of hydrogen-bond acceptors (Lipinski definition) is 4. The molecule has 1 fully saturated rings. The SMILES string of the molecule is CCNC(=NCCCN(C)CC(F)(F)F)NCCN1CCOCC1.I. The zero-order valence-electron chi connectivity index (χ0n) is 15.1. The molecule has 2 N–H and O–H groups in total. The van der Waals surface area contributed by atoms with Crippen molar-refractivity contribution in [2.24, 2.45) is 4.99 Å². The second-order valence-corrected chi connectivity index (χ2v) is 5.85. The molecule has 25 heavy (non-hydrogen) atoms. The molecule has 1 aliphatic heterocycles. The van der Waals surface area contributed by atoms with E-state index in [1.165, 1.54) is 11.9 Å². The normalized spacial score (nSPS) is 16.6. The number of ether oxygens (including phenoxy) is 1. The summed E-state index contributed by atoms with van der Waals surface area (Å²) in [6.07, 6.45) is -3.55. The molecule has 0 aromatic carbocycles. The highest BCUT2D eigenvalue weighted by atomic mass is 127. The molecule has 1 heterocycles. The van der Waals surface area contributed by atoms with Crippen molar-refractivity contribution in [1.82, 2.24) is 20.4 Å². The standard InChI is InChI=1S/C15H30F3N5O.HI/c1-3-19-14(21-6-8-23-9-11-24-12-10-23)20-5-4-7-22(2)13-15(16,17)18;/h3-13H2,1-2H3,(H2,19,20,21);1H. The van der Waals surface area contributed by atoms with Crippen molar-refractivity contribution in [1.29, 1.82) is 0 Å². The highest BCUT2D eigenvalue weighted by molar-refractivity contribution is 14.0. The van der Waals surface area contributed by atoms with Crippen molar-refractivity contribution in [3.8, 4) is 0 Å². The number of hydrogen-bond donors (Lipinski definition) is 2. The Labute approximate surface area is 165 Å². The Bertz CT molecular complexity index is 366. The minimum absolute atomic E-state index is 0. The number of nitrogens with one attached hydrogen (secondary N) is 2. The van der Waals surface area contributed by atoms with Crippen molar-refractivity contribution < 1.29 is 17.9 Å². The second-order valence-electron chi connectivity index (χ2n) is 5.85. The fourth-order valence-corrected chi connectivity index (χ4v) is 2.42. The molecule has 150 valence electrons. The molecule has 0 atom stereocenters. The summed E-state index contributed by atoms with van der Waals surface area (Å²) in [6.45, 7) is 7.86. The average Bonchev–Trinajstić information content (AvgIpc) is 2.51. The molecule has 0 spiro atoms. The van der Waals surface area contributed by atoms with Gasteiger partial charge in [-0.15, -0.1) is 24.0 Å². The summed E-state index contributed by atoms with van der Waals surface area (Å²) >= 11 is 0. The Morgan fingerprint density at radius 2 is 1.92 bits per heavy atom. The van der Waals surface area contributed by atoms with E-state index < -0.39 is 12.7 Å². The molecule has 10 heteroatoms. The molecular weight excluding hydrogens is 450 g/mol. The van der Waals surface area contributed by atoms with E-state index in [1.54, 1.807) is 0 Å². The van der Waals surface area contributed by atoms with Gasteiger partial charge in [0.25, 0.3) is 0 Å². The lowest BCUT2D eigenvalue weighted by Gasteiger charge is -2.26. The summed E-state index contributed by atoms with van der Waals surface area (Å²) in [7, 11) is 1.48. The molecule has 6 nitrogen and oxygen atoms in total. The van der Waals surface area contributed by atoms with Crippen LogP contribution >= 0.6 is 24.0 Å². The predicted octanol–water partition coefficient (Wildman–Crippen LogP) is 1.38. The van der Waals surface area contributed by atoms with Gasteiger partial charge < -0.3 is 15.4 Å². The average molecular weight is 481 g/mol. The van der Waals surface area contributed by atoms with Gasteiger partial charge in [0, 0.05) is 39.3 Å². The molecule has 0 aromatic heterocycles. The number of aliphatic imine (C=N–C) groups is 1. The summed E-state index contributed by atoms with van der Waals surface area (Å²) in [5, 5.41) is 6.41. The summed E-state index contributed by atoms with van der Waals surface area (Å²) < 4.78 is 42.0. The molecule has 0 radical (unpaired) electrons. The third kappa shape index (κ3) is 13.5. The monoisotopic (exact) mass is 481 g/mol. The Morgan fingerprint density at radius 1 is 1.24 bits per heavy atom. The summed E-state index contributed by atoms with van der Waals surface area (Å²) in [5.74, 6) is 0.712. The lowest BCUT2D eigenvalue weighted by Crippen LogP contribution is -2.44. The second kappa shape index (κ2) is 13.8. The van der Waals surface area contributed by atoms with E-state index in [0.29, 0.717) is 25.5 Å². The van der Waals surface area contributed by atoms with Crippen LogP contribution in [0.25, 0.3) is 0 Å². The van der Waals surface area contributed by atoms with Crippen LogP contribution in [0.5, 0.6) is 0 Å². The molecule has 0 saturated carbocycles. The lowest BCUT2D eigenvalue weighted by molar-refractivity contribution is -0.143. The van der Waals surface area contributed by atoms with E-state index in [4.69, 9.17) is 4.74 Å². The minimum Gasteiger partial charge on any atom is -0.379 e. The molecule has 0 aromatic rings. The largest absolute Gasteiger partial charge is 0.401 e. The number of rotatable bonds is 9. The molecule has 0 amide bonds. The topological polar surface area (TPSA) is 52.1 Å². The third-order valence-electron chi connectivity index (χ3n) is 3.59. The Kier molecular flexibility index (Phi) is 13.6. The maximum absolute atomic E-state index is 12.2. The maximum Gasteiger partial charge on any atom is 0.401 e. The van der Waals surface area contributed by atoms with Crippen LogP contribution in [0.15, 0.2) is 4.99 Å². The quantitative estimate of drug-likeness (QED) is 0.226. The number of morpholine rings is 1. The first-order valence-corrected chi connectivity index (χ1v) is 8.48. The van der Waals surface area contributed by atoms with Gasteiger partial charge in [-0.3, -0.25) is 14.8 Å². The molecule has 0 bridgehead atoms. The molecule has 1 rings (SSSR count). The highest BCUT2D eigenvalue weighted by Crippen LogP contribution is 2.15. The Hall–Kier alpha value is -0.330. The number of alkyl halides is 3. The van der Waals surface area contributed by atoms with Gasteiger partial charge in [0.15, 0.2) is 5.96 Å². The van der Waals surface area contributed by atoms with Crippen molar-refractivity contribution in [3.05, 3.63) is 0 Å². The smallest absolute Gasteiger partial charge is 0.379 e. The van der Waals surface area contributed by atoms with E-state index in [1.807, 2.05) is 6.92 Å². The van der Waals surface area contributed by atoms with Gasteiger partial charge in [0.2, 0.25) is 0 Å². The zero-order chi connectivity index (χ0) is 17.8.